The van der Waals surface area contributed by atoms with E-state index in [9.17, 15) is 5.11 Å². The summed E-state index contributed by atoms with van der Waals surface area (Å²) < 4.78 is 13.1. The number of rotatable bonds is 16. The topological polar surface area (TPSA) is 45.2 Å². The van der Waals surface area contributed by atoms with Crippen molar-refractivity contribution >= 4 is 0 Å². The molecule has 0 aromatic heterocycles. The number of benzene rings is 3. The van der Waals surface area contributed by atoms with Crippen LogP contribution in [0.15, 0.2) is 85.5 Å². The molecule has 5 heteroatoms. The first-order chi connectivity index (χ1) is 23.1. The lowest BCUT2D eigenvalue weighted by Crippen LogP contribution is -2.78. The number of hydrogen-bond donors (Lipinski definition) is 1. The summed E-state index contributed by atoms with van der Waals surface area (Å²) >= 11 is 0. The van der Waals surface area contributed by atoms with Crippen LogP contribution in [0, 0.1) is 0 Å². The molecule has 2 bridgehead atoms. The van der Waals surface area contributed by atoms with Gasteiger partial charge < -0.3 is 14.6 Å². The SMILES string of the molecule is C=CCN1CC[C@]23c4c5ccc(OC)c4O[C@H]2[C@@H](N(CCCCCCc2ccccc2)CCCCc2ccccc2)CC[C@@]3(O)[C@H]1C5. The first-order valence-corrected chi connectivity index (χ1v) is 18.4. The highest BCUT2D eigenvalue weighted by atomic mass is 16.5. The van der Waals surface area contributed by atoms with Gasteiger partial charge in [0.2, 0.25) is 0 Å². The summed E-state index contributed by atoms with van der Waals surface area (Å²) in [5.74, 6) is 1.72. The monoisotopic (exact) mass is 634 g/mol. The number of aliphatic hydroxyl groups is 1. The van der Waals surface area contributed by atoms with Gasteiger partial charge in [-0.1, -0.05) is 85.6 Å². The molecule has 250 valence electrons. The number of methoxy groups -OCH3 is 1. The number of unbranched alkanes of at least 4 members (excludes halogenated alkanes) is 4. The fraction of sp³-hybridized carbons (Fsp3) is 0.524. The Hall–Kier alpha value is -3.12. The molecule has 2 heterocycles. The third-order valence-electron chi connectivity index (χ3n) is 12.1. The molecule has 3 aromatic carbocycles. The molecule has 3 aromatic rings. The van der Waals surface area contributed by atoms with Crippen molar-refractivity contribution in [2.24, 2.45) is 0 Å². The summed E-state index contributed by atoms with van der Waals surface area (Å²) in [6.45, 7) is 7.99. The maximum Gasteiger partial charge on any atom is 0.165 e. The van der Waals surface area contributed by atoms with Crippen molar-refractivity contribution in [2.75, 3.05) is 33.3 Å². The Kier molecular flexibility index (Phi) is 9.77. The van der Waals surface area contributed by atoms with Gasteiger partial charge in [0.25, 0.3) is 0 Å². The van der Waals surface area contributed by atoms with Crippen LogP contribution in [0.1, 0.15) is 80.0 Å². The van der Waals surface area contributed by atoms with Crippen LogP contribution < -0.4 is 9.47 Å². The maximum absolute atomic E-state index is 13.0. The van der Waals surface area contributed by atoms with Crippen molar-refractivity contribution in [2.45, 2.75) is 106 Å². The summed E-state index contributed by atoms with van der Waals surface area (Å²) in [7, 11) is 1.75. The number of hydrogen-bond acceptors (Lipinski definition) is 5. The minimum absolute atomic E-state index is 0.0767. The molecule has 0 radical (unpaired) electrons. The molecule has 1 saturated heterocycles. The van der Waals surface area contributed by atoms with Crippen LogP contribution in [-0.2, 0) is 24.7 Å². The van der Waals surface area contributed by atoms with Gasteiger partial charge in [0.15, 0.2) is 11.5 Å². The van der Waals surface area contributed by atoms with Crippen molar-refractivity contribution < 1.29 is 14.6 Å². The molecular formula is C42H54N2O3. The minimum Gasteiger partial charge on any atom is -0.493 e. The van der Waals surface area contributed by atoms with Crippen LogP contribution in [-0.4, -0.2) is 72.0 Å². The molecule has 47 heavy (non-hydrogen) atoms. The first kappa shape index (κ1) is 32.4. The van der Waals surface area contributed by atoms with E-state index in [1.807, 2.05) is 6.08 Å². The fourth-order valence-electron chi connectivity index (χ4n) is 9.89. The molecule has 1 saturated carbocycles. The lowest BCUT2D eigenvalue weighted by atomic mass is 9.48. The van der Waals surface area contributed by atoms with Crippen molar-refractivity contribution in [3.63, 3.8) is 0 Å². The van der Waals surface area contributed by atoms with Crippen molar-refractivity contribution in [3.8, 4) is 11.5 Å². The van der Waals surface area contributed by atoms with Crippen molar-refractivity contribution in [3.05, 3.63) is 108 Å². The third kappa shape index (κ3) is 5.94. The van der Waals surface area contributed by atoms with Gasteiger partial charge in [-0.15, -0.1) is 6.58 Å². The summed E-state index contributed by atoms with van der Waals surface area (Å²) in [4.78, 5) is 5.26. The quantitative estimate of drug-likeness (QED) is 0.130. The maximum atomic E-state index is 13.0. The van der Waals surface area contributed by atoms with Gasteiger partial charge in [-0.25, -0.2) is 0 Å². The second-order valence-corrected chi connectivity index (χ2v) is 14.6. The minimum atomic E-state index is -0.823. The normalized spacial score (nSPS) is 27.3. The number of aryl methyl sites for hydroxylation is 2. The summed E-state index contributed by atoms with van der Waals surface area (Å²) in [6, 6.07) is 26.5. The molecule has 5 nitrogen and oxygen atoms in total. The van der Waals surface area contributed by atoms with E-state index >= 15 is 0 Å². The van der Waals surface area contributed by atoms with E-state index in [0.717, 1.165) is 76.2 Å². The zero-order chi connectivity index (χ0) is 32.3. The van der Waals surface area contributed by atoms with Crippen molar-refractivity contribution in [1.29, 1.82) is 0 Å². The van der Waals surface area contributed by atoms with E-state index in [-0.39, 0.29) is 18.2 Å². The van der Waals surface area contributed by atoms with E-state index in [1.165, 1.54) is 60.8 Å². The second-order valence-electron chi connectivity index (χ2n) is 14.6. The van der Waals surface area contributed by atoms with E-state index in [1.54, 1.807) is 7.11 Å². The highest BCUT2D eigenvalue weighted by Gasteiger charge is 2.73. The van der Waals surface area contributed by atoms with E-state index in [0.29, 0.717) is 0 Å². The Bertz CT molecular complexity index is 1490. The fourth-order valence-corrected chi connectivity index (χ4v) is 9.89. The molecule has 2 aliphatic carbocycles. The molecular weight excluding hydrogens is 580 g/mol. The molecule has 1 spiro atoms. The predicted octanol–water partition coefficient (Wildman–Crippen LogP) is 7.53. The molecule has 5 atom stereocenters. The molecule has 2 fully saturated rings. The number of likely N-dealkylation sites (tertiary alicyclic amines) is 1. The third-order valence-corrected chi connectivity index (χ3v) is 12.1. The van der Waals surface area contributed by atoms with Crippen LogP contribution in [0.2, 0.25) is 0 Å². The van der Waals surface area contributed by atoms with Gasteiger partial charge in [0, 0.05) is 24.2 Å². The lowest BCUT2D eigenvalue weighted by Gasteiger charge is -2.65. The van der Waals surface area contributed by atoms with Crippen molar-refractivity contribution in [1.82, 2.24) is 9.80 Å². The number of piperidine rings is 1. The number of nitrogens with zero attached hydrogens (tertiary/aromatic N) is 2. The Morgan fingerprint density at radius 3 is 2.23 bits per heavy atom. The zero-order valence-corrected chi connectivity index (χ0v) is 28.4. The van der Waals surface area contributed by atoms with E-state index < -0.39 is 11.0 Å². The average Bonchev–Trinajstić information content (AvgIpc) is 3.45. The predicted molar refractivity (Wildman–Crippen MR) is 191 cm³/mol. The van der Waals surface area contributed by atoms with Crippen LogP contribution in [0.4, 0.5) is 0 Å². The second kappa shape index (κ2) is 14.2. The molecule has 0 unspecified atom stereocenters. The van der Waals surface area contributed by atoms with Gasteiger partial charge in [-0.2, -0.15) is 0 Å². The average molecular weight is 635 g/mol. The largest absolute Gasteiger partial charge is 0.493 e. The zero-order valence-electron chi connectivity index (χ0n) is 28.4. The van der Waals surface area contributed by atoms with Gasteiger partial charge in [0.1, 0.15) is 6.10 Å². The summed E-state index contributed by atoms with van der Waals surface area (Å²) in [5.41, 5.74) is 4.23. The molecule has 0 amide bonds. The standard InChI is InChI=1S/C42H54N2O3/c1-3-27-44-30-26-41-38-34-22-23-36(46-2)39(38)47-40(41)35(24-25-42(41,45)37(44)31-34)43(29-15-13-21-33-19-11-7-12-20-33)28-14-5-4-8-16-32-17-9-6-10-18-32/h3,6-7,9-12,17-20,22-23,35,37,40,45H,1,4-5,8,13-16,21,24-31H2,2H3/t35-,37+,40-,41-,42+/m0/s1. The molecule has 4 aliphatic rings. The molecule has 1 N–H and O–H groups in total. The smallest absolute Gasteiger partial charge is 0.165 e. The van der Waals surface area contributed by atoms with Gasteiger partial charge in [-0.3, -0.25) is 9.80 Å². The molecule has 7 rings (SSSR count). The summed E-state index contributed by atoms with van der Waals surface area (Å²) in [5, 5.41) is 13.0. The Balaban J connectivity index is 1.12. The first-order valence-electron chi connectivity index (χ1n) is 18.4. The van der Waals surface area contributed by atoms with Gasteiger partial charge in [0.05, 0.1) is 18.1 Å². The van der Waals surface area contributed by atoms with Gasteiger partial charge in [-0.05, 0) is 107 Å². The Morgan fingerprint density at radius 1 is 0.894 bits per heavy atom. The van der Waals surface area contributed by atoms with E-state index in [4.69, 9.17) is 9.47 Å². The van der Waals surface area contributed by atoms with Gasteiger partial charge >= 0.3 is 0 Å². The van der Waals surface area contributed by atoms with Crippen LogP contribution in [0.25, 0.3) is 0 Å². The van der Waals surface area contributed by atoms with Crippen LogP contribution in [0.3, 0.4) is 0 Å². The number of ether oxygens (including phenoxy) is 2. The summed E-state index contributed by atoms with van der Waals surface area (Å²) in [6.07, 6.45) is 15.0. The molecule has 2 aliphatic heterocycles. The highest BCUT2D eigenvalue weighted by Crippen LogP contribution is 2.66. The van der Waals surface area contributed by atoms with E-state index in [2.05, 4.69) is 89.2 Å². The highest BCUT2D eigenvalue weighted by molar-refractivity contribution is 5.63. The Morgan fingerprint density at radius 2 is 1.55 bits per heavy atom. The Labute approximate surface area is 282 Å². The van der Waals surface area contributed by atoms with Crippen LogP contribution >= 0.6 is 0 Å². The lowest BCUT2D eigenvalue weighted by molar-refractivity contribution is -0.198. The van der Waals surface area contributed by atoms with Crippen LogP contribution in [0.5, 0.6) is 11.5 Å².